The van der Waals surface area contributed by atoms with Crippen molar-refractivity contribution < 1.29 is 4.42 Å². The number of rotatable bonds is 6. The SMILES string of the molecule is CC(NCC(c1ccccc1)N1CCCC1)c1ccoc1. The van der Waals surface area contributed by atoms with Crippen molar-refractivity contribution in [2.45, 2.75) is 31.8 Å². The second-order valence-corrected chi connectivity index (χ2v) is 5.86. The molecular formula is C18H24N2O. The molecule has 0 spiro atoms. The molecule has 2 aromatic rings. The summed E-state index contributed by atoms with van der Waals surface area (Å²) in [5.41, 5.74) is 2.62. The normalized spacial score (nSPS) is 18.7. The van der Waals surface area contributed by atoms with E-state index in [4.69, 9.17) is 4.42 Å². The fourth-order valence-corrected chi connectivity index (χ4v) is 3.11. The van der Waals surface area contributed by atoms with Gasteiger partial charge in [-0.2, -0.15) is 0 Å². The van der Waals surface area contributed by atoms with Crippen molar-refractivity contribution in [1.29, 1.82) is 0 Å². The molecule has 112 valence electrons. The molecule has 21 heavy (non-hydrogen) atoms. The third-order valence-electron chi connectivity index (χ3n) is 4.43. The van der Waals surface area contributed by atoms with Crippen molar-refractivity contribution in [3.05, 3.63) is 60.1 Å². The third kappa shape index (κ3) is 3.55. The molecule has 0 radical (unpaired) electrons. The number of hydrogen-bond acceptors (Lipinski definition) is 3. The topological polar surface area (TPSA) is 28.4 Å². The summed E-state index contributed by atoms with van der Waals surface area (Å²) < 4.78 is 5.18. The highest BCUT2D eigenvalue weighted by Gasteiger charge is 2.23. The van der Waals surface area contributed by atoms with E-state index in [9.17, 15) is 0 Å². The van der Waals surface area contributed by atoms with Crippen molar-refractivity contribution in [1.82, 2.24) is 10.2 Å². The summed E-state index contributed by atoms with van der Waals surface area (Å²) in [6.07, 6.45) is 6.20. The second-order valence-electron chi connectivity index (χ2n) is 5.86. The Morgan fingerprint density at radius 3 is 2.52 bits per heavy atom. The molecule has 1 aromatic carbocycles. The zero-order valence-electron chi connectivity index (χ0n) is 12.7. The van der Waals surface area contributed by atoms with Crippen LogP contribution < -0.4 is 5.32 Å². The van der Waals surface area contributed by atoms with Gasteiger partial charge in [0.05, 0.1) is 12.5 Å². The first-order chi connectivity index (χ1) is 10.3. The van der Waals surface area contributed by atoms with Gasteiger partial charge in [0.25, 0.3) is 0 Å². The van der Waals surface area contributed by atoms with E-state index in [0.717, 1.165) is 6.54 Å². The van der Waals surface area contributed by atoms with Gasteiger partial charge >= 0.3 is 0 Å². The van der Waals surface area contributed by atoms with Gasteiger partial charge in [-0.15, -0.1) is 0 Å². The molecule has 0 saturated carbocycles. The molecular weight excluding hydrogens is 260 g/mol. The third-order valence-corrected chi connectivity index (χ3v) is 4.43. The summed E-state index contributed by atoms with van der Waals surface area (Å²) in [6, 6.07) is 13.7. The molecule has 1 saturated heterocycles. The van der Waals surface area contributed by atoms with E-state index < -0.39 is 0 Å². The lowest BCUT2D eigenvalue weighted by Crippen LogP contribution is -2.35. The quantitative estimate of drug-likeness (QED) is 0.875. The van der Waals surface area contributed by atoms with Crippen LogP contribution in [0.5, 0.6) is 0 Å². The maximum atomic E-state index is 5.18. The van der Waals surface area contributed by atoms with Crippen molar-refractivity contribution in [2.24, 2.45) is 0 Å². The second kappa shape index (κ2) is 6.92. The van der Waals surface area contributed by atoms with E-state index in [1.54, 1.807) is 6.26 Å². The first-order valence-electron chi connectivity index (χ1n) is 7.89. The zero-order valence-corrected chi connectivity index (χ0v) is 12.7. The van der Waals surface area contributed by atoms with Crippen molar-refractivity contribution in [2.75, 3.05) is 19.6 Å². The average Bonchev–Trinajstić information content (AvgIpc) is 3.22. The van der Waals surface area contributed by atoms with Crippen LogP contribution in [-0.4, -0.2) is 24.5 Å². The van der Waals surface area contributed by atoms with Crippen molar-refractivity contribution in [3.63, 3.8) is 0 Å². The smallest absolute Gasteiger partial charge is 0.0950 e. The van der Waals surface area contributed by atoms with Crippen LogP contribution in [0, 0.1) is 0 Å². The monoisotopic (exact) mass is 284 g/mol. The highest BCUT2D eigenvalue weighted by molar-refractivity contribution is 5.20. The highest BCUT2D eigenvalue weighted by Crippen LogP contribution is 2.25. The zero-order chi connectivity index (χ0) is 14.5. The van der Waals surface area contributed by atoms with Crippen LogP contribution in [0.25, 0.3) is 0 Å². The Bertz CT molecular complexity index is 517. The number of hydrogen-bond donors (Lipinski definition) is 1. The maximum absolute atomic E-state index is 5.18. The minimum absolute atomic E-state index is 0.317. The summed E-state index contributed by atoms with van der Waals surface area (Å²) in [7, 11) is 0. The van der Waals surface area contributed by atoms with Crippen LogP contribution in [0.1, 0.15) is 43.0 Å². The van der Waals surface area contributed by atoms with E-state index in [2.05, 4.69) is 47.5 Å². The first kappa shape index (κ1) is 14.4. The van der Waals surface area contributed by atoms with Gasteiger partial charge in [0.15, 0.2) is 0 Å². The van der Waals surface area contributed by atoms with Gasteiger partial charge in [-0.25, -0.2) is 0 Å². The molecule has 1 aromatic heterocycles. The summed E-state index contributed by atoms with van der Waals surface area (Å²) in [5, 5.41) is 3.66. The largest absolute Gasteiger partial charge is 0.472 e. The van der Waals surface area contributed by atoms with Crippen LogP contribution in [0.15, 0.2) is 53.3 Å². The van der Waals surface area contributed by atoms with E-state index in [-0.39, 0.29) is 0 Å². The summed E-state index contributed by atoms with van der Waals surface area (Å²) >= 11 is 0. The minimum atomic E-state index is 0.317. The van der Waals surface area contributed by atoms with Gasteiger partial charge in [-0.3, -0.25) is 4.90 Å². The van der Waals surface area contributed by atoms with Crippen molar-refractivity contribution in [3.8, 4) is 0 Å². The van der Waals surface area contributed by atoms with Gasteiger partial charge in [0, 0.05) is 24.2 Å². The van der Waals surface area contributed by atoms with Gasteiger partial charge in [-0.05, 0) is 44.5 Å². The lowest BCUT2D eigenvalue weighted by atomic mass is 10.0. The number of likely N-dealkylation sites (tertiary alicyclic amines) is 1. The molecule has 1 N–H and O–H groups in total. The van der Waals surface area contributed by atoms with Gasteiger partial charge in [0.2, 0.25) is 0 Å². The lowest BCUT2D eigenvalue weighted by molar-refractivity contribution is 0.234. The molecule has 0 amide bonds. The predicted molar refractivity (Wildman–Crippen MR) is 85.1 cm³/mol. The molecule has 3 nitrogen and oxygen atoms in total. The number of nitrogens with zero attached hydrogens (tertiary/aromatic N) is 1. The molecule has 0 bridgehead atoms. The van der Waals surface area contributed by atoms with Crippen LogP contribution in [-0.2, 0) is 0 Å². The van der Waals surface area contributed by atoms with E-state index in [1.165, 1.54) is 37.1 Å². The predicted octanol–water partition coefficient (Wildman–Crippen LogP) is 3.77. The summed E-state index contributed by atoms with van der Waals surface area (Å²) in [6.45, 7) is 5.58. The number of nitrogens with one attached hydrogen (secondary N) is 1. The van der Waals surface area contributed by atoms with Gasteiger partial charge < -0.3 is 9.73 Å². The van der Waals surface area contributed by atoms with Gasteiger partial charge in [0.1, 0.15) is 0 Å². The molecule has 1 fully saturated rings. The molecule has 2 atom stereocenters. The minimum Gasteiger partial charge on any atom is -0.472 e. The standard InChI is InChI=1S/C18H24N2O/c1-15(17-9-12-21-14-17)19-13-18(20-10-5-6-11-20)16-7-3-2-4-8-16/h2-4,7-9,12,14-15,18-19H,5-6,10-11,13H2,1H3. The molecule has 0 aliphatic carbocycles. The van der Waals surface area contributed by atoms with E-state index >= 15 is 0 Å². The first-order valence-corrected chi connectivity index (χ1v) is 7.89. The molecule has 3 heteroatoms. The highest BCUT2D eigenvalue weighted by atomic mass is 16.3. The number of benzene rings is 1. The van der Waals surface area contributed by atoms with Crippen LogP contribution in [0.4, 0.5) is 0 Å². The molecule has 2 unspecified atom stereocenters. The van der Waals surface area contributed by atoms with Crippen LogP contribution in [0.2, 0.25) is 0 Å². The Kier molecular flexibility index (Phi) is 4.73. The molecule has 1 aliphatic heterocycles. The van der Waals surface area contributed by atoms with E-state index in [0.29, 0.717) is 12.1 Å². The Morgan fingerprint density at radius 1 is 1.10 bits per heavy atom. The van der Waals surface area contributed by atoms with Crippen LogP contribution in [0.3, 0.4) is 0 Å². The van der Waals surface area contributed by atoms with Crippen LogP contribution >= 0.6 is 0 Å². The Balaban J connectivity index is 1.67. The summed E-state index contributed by atoms with van der Waals surface area (Å²) in [4.78, 5) is 2.60. The lowest BCUT2D eigenvalue weighted by Gasteiger charge is -2.29. The van der Waals surface area contributed by atoms with Gasteiger partial charge in [-0.1, -0.05) is 30.3 Å². The maximum Gasteiger partial charge on any atom is 0.0950 e. The number of furan rings is 1. The Labute approximate surface area is 127 Å². The van der Waals surface area contributed by atoms with Crippen molar-refractivity contribution >= 4 is 0 Å². The molecule has 2 heterocycles. The Hall–Kier alpha value is -1.58. The fraction of sp³-hybridized carbons (Fsp3) is 0.444. The summed E-state index contributed by atoms with van der Waals surface area (Å²) in [5.74, 6) is 0. The fourth-order valence-electron chi connectivity index (χ4n) is 3.11. The Morgan fingerprint density at radius 2 is 1.86 bits per heavy atom. The molecule has 1 aliphatic rings. The average molecular weight is 284 g/mol. The molecule has 3 rings (SSSR count). The van der Waals surface area contributed by atoms with E-state index in [1.807, 2.05) is 12.3 Å².